The fourth-order valence-corrected chi connectivity index (χ4v) is 2.28. The van der Waals surface area contributed by atoms with Crippen LogP contribution in [0, 0.1) is 0 Å². The lowest BCUT2D eigenvalue weighted by molar-refractivity contribution is -0.135. The molecule has 0 radical (unpaired) electrons. The molecular formula is C13H13ClN2O3. The molecule has 0 unspecified atom stereocenters. The van der Waals surface area contributed by atoms with Gasteiger partial charge in [0, 0.05) is 5.56 Å². The first kappa shape index (κ1) is 13.5. The van der Waals surface area contributed by atoms with Gasteiger partial charge in [-0.05, 0) is 32.0 Å². The van der Waals surface area contributed by atoms with Crippen molar-refractivity contribution in [1.29, 1.82) is 0 Å². The predicted octanol–water partition coefficient (Wildman–Crippen LogP) is 1.39. The van der Waals surface area contributed by atoms with E-state index < -0.39 is 5.54 Å². The lowest BCUT2D eigenvalue weighted by atomic mass is 9.97. The predicted molar refractivity (Wildman–Crippen MR) is 71.4 cm³/mol. The molecule has 1 heterocycles. The Kier molecular flexibility index (Phi) is 3.32. The van der Waals surface area contributed by atoms with Crippen LogP contribution in [0.1, 0.15) is 24.2 Å². The number of nitrogens with zero attached hydrogens (tertiary/aromatic N) is 1. The van der Waals surface area contributed by atoms with Crippen molar-refractivity contribution in [2.45, 2.75) is 19.4 Å². The van der Waals surface area contributed by atoms with Crippen molar-refractivity contribution >= 4 is 35.4 Å². The molecule has 1 aliphatic rings. The molecule has 1 aliphatic heterocycles. The Morgan fingerprint density at radius 3 is 2.63 bits per heavy atom. The Morgan fingerprint density at radius 2 is 2.05 bits per heavy atom. The third-order valence-corrected chi connectivity index (χ3v) is 3.49. The minimum atomic E-state index is -0.889. The van der Waals surface area contributed by atoms with Crippen molar-refractivity contribution in [3.05, 3.63) is 28.8 Å². The monoisotopic (exact) mass is 280 g/mol. The van der Waals surface area contributed by atoms with Gasteiger partial charge in [0.05, 0.1) is 17.3 Å². The first-order valence-electron chi connectivity index (χ1n) is 5.73. The Hall–Kier alpha value is -1.88. The molecule has 1 saturated heterocycles. The standard InChI is InChI=1S/C13H13ClN2O3/c1-13(2)12(19)15-11(18)6-16(13)10-4-3-8(7-17)5-9(10)14/h3-5,7H,6H2,1-2H3,(H,15,18,19). The third kappa shape index (κ3) is 2.33. The second kappa shape index (κ2) is 4.66. The Labute approximate surface area is 115 Å². The van der Waals surface area contributed by atoms with Crippen LogP contribution in [0.5, 0.6) is 0 Å². The smallest absolute Gasteiger partial charge is 0.251 e. The zero-order valence-corrected chi connectivity index (χ0v) is 11.3. The van der Waals surface area contributed by atoms with Crippen molar-refractivity contribution in [3.63, 3.8) is 0 Å². The van der Waals surface area contributed by atoms with Crippen LogP contribution < -0.4 is 10.2 Å². The van der Waals surface area contributed by atoms with E-state index in [4.69, 9.17) is 11.6 Å². The van der Waals surface area contributed by atoms with Gasteiger partial charge >= 0.3 is 0 Å². The summed E-state index contributed by atoms with van der Waals surface area (Å²) in [7, 11) is 0. The summed E-state index contributed by atoms with van der Waals surface area (Å²) in [6.07, 6.45) is 0.689. The summed E-state index contributed by atoms with van der Waals surface area (Å²) in [5.74, 6) is -0.751. The molecule has 2 amide bonds. The van der Waals surface area contributed by atoms with E-state index in [9.17, 15) is 14.4 Å². The number of hydrogen-bond acceptors (Lipinski definition) is 4. The number of hydrogen-bond donors (Lipinski definition) is 1. The van der Waals surface area contributed by atoms with Crippen LogP contribution in [-0.2, 0) is 9.59 Å². The minimum absolute atomic E-state index is 0.0406. The normalized spacial score (nSPS) is 18.2. The average Bonchev–Trinajstić information content (AvgIpc) is 2.34. The van der Waals surface area contributed by atoms with Crippen molar-refractivity contribution in [2.24, 2.45) is 0 Å². The van der Waals surface area contributed by atoms with Gasteiger partial charge in [-0.3, -0.25) is 19.7 Å². The van der Waals surface area contributed by atoms with Crippen LogP contribution in [-0.4, -0.2) is 30.2 Å². The van der Waals surface area contributed by atoms with Gasteiger partial charge in [0.25, 0.3) is 5.91 Å². The number of rotatable bonds is 2. The Bertz CT molecular complexity index is 569. The molecule has 6 heteroatoms. The van der Waals surface area contributed by atoms with Crippen molar-refractivity contribution in [1.82, 2.24) is 5.32 Å². The summed E-state index contributed by atoms with van der Waals surface area (Å²) in [6.45, 7) is 3.45. The molecule has 1 fully saturated rings. The second-order valence-corrected chi connectivity index (χ2v) is 5.26. The van der Waals surface area contributed by atoms with E-state index in [2.05, 4.69) is 5.32 Å². The summed E-state index contributed by atoms with van der Waals surface area (Å²) in [5, 5.41) is 2.63. The lowest BCUT2D eigenvalue weighted by Crippen LogP contribution is -2.64. The highest BCUT2D eigenvalue weighted by molar-refractivity contribution is 6.33. The number of piperazine rings is 1. The van der Waals surface area contributed by atoms with E-state index in [1.54, 1.807) is 30.9 Å². The van der Waals surface area contributed by atoms with E-state index in [0.717, 1.165) is 0 Å². The number of carbonyl (C=O) groups is 3. The molecule has 2 rings (SSSR count). The summed E-state index contributed by atoms with van der Waals surface area (Å²) < 4.78 is 0. The highest BCUT2D eigenvalue weighted by Gasteiger charge is 2.41. The number of halogens is 1. The molecule has 1 aromatic carbocycles. The molecule has 0 saturated carbocycles. The molecule has 0 aliphatic carbocycles. The number of benzene rings is 1. The molecule has 1 aromatic rings. The molecule has 0 atom stereocenters. The van der Waals surface area contributed by atoms with Gasteiger partial charge in [-0.15, -0.1) is 0 Å². The topological polar surface area (TPSA) is 66.5 Å². The van der Waals surface area contributed by atoms with E-state index in [1.807, 2.05) is 0 Å². The van der Waals surface area contributed by atoms with Crippen LogP contribution in [0.2, 0.25) is 5.02 Å². The van der Waals surface area contributed by atoms with Gasteiger partial charge in [-0.2, -0.15) is 0 Å². The van der Waals surface area contributed by atoms with E-state index in [0.29, 0.717) is 22.6 Å². The summed E-state index contributed by atoms with van der Waals surface area (Å²) in [6, 6.07) is 4.75. The van der Waals surface area contributed by atoms with E-state index >= 15 is 0 Å². The highest BCUT2D eigenvalue weighted by atomic mass is 35.5. The quantitative estimate of drug-likeness (QED) is 0.657. The first-order chi connectivity index (χ1) is 8.86. The molecule has 19 heavy (non-hydrogen) atoms. The number of anilines is 1. The first-order valence-corrected chi connectivity index (χ1v) is 6.10. The van der Waals surface area contributed by atoms with E-state index in [-0.39, 0.29) is 18.4 Å². The maximum atomic E-state index is 11.9. The number of amides is 2. The van der Waals surface area contributed by atoms with Crippen LogP contribution in [0.3, 0.4) is 0 Å². The molecule has 1 N–H and O–H groups in total. The average molecular weight is 281 g/mol. The fourth-order valence-electron chi connectivity index (χ4n) is 1.98. The van der Waals surface area contributed by atoms with Gasteiger partial charge in [0.2, 0.25) is 5.91 Å². The molecule has 100 valence electrons. The van der Waals surface area contributed by atoms with Crippen molar-refractivity contribution < 1.29 is 14.4 Å². The largest absolute Gasteiger partial charge is 0.347 e. The maximum Gasteiger partial charge on any atom is 0.251 e. The van der Waals surface area contributed by atoms with Crippen molar-refractivity contribution in [2.75, 3.05) is 11.4 Å². The molecule has 0 spiro atoms. The van der Waals surface area contributed by atoms with Gasteiger partial charge in [0.15, 0.2) is 0 Å². The van der Waals surface area contributed by atoms with Crippen molar-refractivity contribution in [3.8, 4) is 0 Å². The van der Waals surface area contributed by atoms with Crippen LogP contribution >= 0.6 is 11.6 Å². The zero-order valence-electron chi connectivity index (χ0n) is 10.6. The van der Waals surface area contributed by atoms with Gasteiger partial charge in [-0.25, -0.2) is 0 Å². The Morgan fingerprint density at radius 1 is 1.37 bits per heavy atom. The second-order valence-electron chi connectivity index (χ2n) is 4.85. The summed E-state index contributed by atoms with van der Waals surface area (Å²) in [5.41, 5.74) is 0.111. The number of imide groups is 1. The van der Waals surface area contributed by atoms with Gasteiger partial charge in [0.1, 0.15) is 11.8 Å². The lowest BCUT2D eigenvalue weighted by Gasteiger charge is -2.42. The van der Waals surface area contributed by atoms with Crippen LogP contribution in [0.4, 0.5) is 5.69 Å². The fraction of sp³-hybridized carbons (Fsp3) is 0.308. The van der Waals surface area contributed by atoms with Crippen LogP contribution in [0.25, 0.3) is 0 Å². The summed E-state index contributed by atoms with van der Waals surface area (Å²) in [4.78, 5) is 35.7. The third-order valence-electron chi connectivity index (χ3n) is 3.18. The summed E-state index contributed by atoms with van der Waals surface area (Å²) >= 11 is 6.12. The maximum absolute atomic E-state index is 11.9. The van der Waals surface area contributed by atoms with E-state index in [1.165, 1.54) is 6.07 Å². The molecular weight excluding hydrogens is 268 g/mol. The minimum Gasteiger partial charge on any atom is -0.347 e. The van der Waals surface area contributed by atoms with Crippen LogP contribution in [0.15, 0.2) is 18.2 Å². The number of carbonyl (C=O) groups excluding carboxylic acids is 3. The molecule has 5 nitrogen and oxygen atoms in total. The SMILES string of the molecule is CC1(C)C(=O)NC(=O)CN1c1ccc(C=O)cc1Cl. The molecule has 0 bridgehead atoms. The number of nitrogens with one attached hydrogen (secondary N) is 1. The Balaban J connectivity index is 2.47. The zero-order chi connectivity index (χ0) is 14.2. The number of aldehydes is 1. The highest BCUT2D eigenvalue weighted by Crippen LogP contribution is 2.32. The van der Waals surface area contributed by atoms with Gasteiger partial charge in [-0.1, -0.05) is 11.6 Å². The van der Waals surface area contributed by atoms with Gasteiger partial charge < -0.3 is 4.90 Å². The molecule has 0 aromatic heterocycles.